The molecule has 0 aliphatic carbocycles. The van der Waals surface area contributed by atoms with Gasteiger partial charge in [-0.2, -0.15) is 0 Å². The third-order valence-corrected chi connectivity index (χ3v) is 4.44. The van der Waals surface area contributed by atoms with Crippen LogP contribution in [0.25, 0.3) is 0 Å². The molecule has 0 fully saturated rings. The first kappa shape index (κ1) is 12.2. The van der Waals surface area contributed by atoms with Crippen LogP contribution in [-0.2, 0) is 4.79 Å². The largest absolute Gasteiger partial charge is 0.297 e. The fourth-order valence-electron chi connectivity index (χ4n) is 2.35. The number of hydrogen-bond acceptors (Lipinski definition) is 4. The van der Waals surface area contributed by atoms with Gasteiger partial charge in [-0.05, 0) is 12.1 Å². The number of amides is 2. The first-order chi connectivity index (χ1) is 9.20. The van der Waals surface area contributed by atoms with Crippen LogP contribution in [0.1, 0.15) is 20.7 Å². The van der Waals surface area contributed by atoms with Gasteiger partial charge in [0.15, 0.2) is 6.29 Å². The number of carbonyl (C=O) groups is 3. The summed E-state index contributed by atoms with van der Waals surface area (Å²) in [5.74, 6) is 0.325. The smallest absolute Gasteiger partial charge is 0.261 e. The van der Waals surface area contributed by atoms with Crippen molar-refractivity contribution >= 4 is 29.9 Å². The summed E-state index contributed by atoms with van der Waals surface area (Å²) in [6.45, 7) is 0.344. The third-order valence-electron chi connectivity index (χ3n) is 3.28. The zero-order chi connectivity index (χ0) is 13.4. The van der Waals surface area contributed by atoms with E-state index in [-0.39, 0.29) is 17.7 Å². The Labute approximate surface area is 114 Å². The molecule has 1 atom stereocenters. The van der Waals surface area contributed by atoms with Gasteiger partial charge in [-0.25, -0.2) is 0 Å². The number of imide groups is 1. The summed E-state index contributed by atoms with van der Waals surface area (Å²) < 4.78 is 0. The van der Waals surface area contributed by atoms with Gasteiger partial charge in [0, 0.05) is 23.1 Å². The molecule has 1 unspecified atom stereocenters. The zero-order valence-corrected chi connectivity index (χ0v) is 10.9. The minimum Gasteiger partial charge on any atom is -0.297 e. The van der Waals surface area contributed by atoms with Crippen molar-refractivity contribution in [3.63, 3.8) is 0 Å². The standard InChI is InChI=1S/C14H11NO3S/c16-7-10-5-9(8-19-10)6-15-13(17)11-3-1-2-4-12(11)14(15)18/h1-5,7,9H,6,8H2. The Balaban J connectivity index is 1.81. The first-order valence-electron chi connectivity index (χ1n) is 5.95. The number of benzene rings is 1. The molecule has 1 aromatic carbocycles. The Morgan fingerprint density at radius 2 is 1.84 bits per heavy atom. The summed E-state index contributed by atoms with van der Waals surface area (Å²) in [6, 6.07) is 6.85. The highest BCUT2D eigenvalue weighted by Gasteiger charge is 2.36. The quantitative estimate of drug-likeness (QED) is 0.621. The van der Waals surface area contributed by atoms with Crippen molar-refractivity contribution in [3.8, 4) is 0 Å². The fourth-order valence-corrected chi connectivity index (χ4v) is 3.31. The summed E-state index contributed by atoms with van der Waals surface area (Å²) >= 11 is 1.46. The molecular weight excluding hydrogens is 262 g/mol. The second-order valence-corrected chi connectivity index (χ2v) is 5.62. The summed E-state index contributed by atoms with van der Waals surface area (Å²) in [4.78, 5) is 36.9. The Morgan fingerprint density at radius 1 is 1.21 bits per heavy atom. The molecule has 0 saturated heterocycles. The van der Waals surface area contributed by atoms with Gasteiger partial charge in [0.05, 0.1) is 11.1 Å². The summed E-state index contributed by atoms with van der Waals surface area (Å²) in [5, 5.41) is 0. The first-order valence-corrected chi connectivity index (χ1v) is 6.94. The molecule has 0 spiro atoms. The van der Waals surface area contributed by atoms with Gasteiger partial charge in [-0.3, -0.25) is 19.3 Å². The number of carbonyl (C=O) groups excluding carboxylic acids is 3. The highest BCUT2D eigenvalue weighted by Crippen LogP contribution is 2.30. The fraction of sp³-hybridized carbons (Fsp3) is 0.214. The minimum atomic E-state index is -0.237. The van der Waals surface area contributed by atoms with Crippen LogP contribution in [-0.4, -0.2) is 35.3 Å². The summed E-state index contributed by atoms with van der Waals surface area (Å²) in [5.41, 5.74) is 0.940. The average molecular weight is 273 g/mol. The van der Waals surface area contributed by atoms with Crippen LogP contribution in [0.15, 0.2) is 35.2 Å². The van der Waals surface area contributed by atoms with E-state index in [0.29, 0.717) is 22.6 Å². The molecule has 0 bridgehead atoms. The molecule has 96 valence electrons. The third kappa shape index (κ3) is 2.00. The van der Waals surface area contributed by atoms with E-state index in [2.05, 4.69) is 0 Å². The van der Waals surface area contributed by atoms with Gasteiger partial charge < -0.3 is 0 Å². The van der Waals surface area contributed by atoms with Crippen molar-refractivity contribution in [1.82, 2.24) is 4.90 Å². The molecule has 3 rings (SSSR count). The lowest BCUT2D eigenvalue weighted by Gasteiger charge is -2.16. The highest BCUT2D eigenvalue weighted by molar-refractivity contribution is 8.04. The highest BCUT2D eigenvalue weighted by atomic mass is 32.2. The maximum atomic E-state index is 12.2. The molecule has 2 aliphatic heterocycles. The number of hydrogen-bond donors (Lipinski definition) is 0. The van der Waals surface area contributed by atoms with Gasteiger partial charge in [0.1, 0.15) is 0 Å². The van der Waals surface area contributed by atoms with E-state index in [1.807, 2.05) is 6.08 Å². The van der Waals surface area contributed by atoms with Crippen LogP contribution in [0.4, 0.5) is 0 Å². The molecule has 2 amide bonds. The van der Waals surface area contributed by atoms with Crippen molar-refractivity contribution < 1.29 is 14.4 Å². The number of rotatable bonds is 3. The molecule has 0 radical (unpaired) electrons. The zero-order valence-electron chi connectivity index (χ0n) is 10.0. The maximum absolute atomic E-state index is 12.2. The minimum absolute atomic E-state index is 0.0624. The van der Waals surface area contributed by atoms with E-state index in [0.717, 1.165) is 12.0 Å². The predicted molar refractivity (Wildman–Crippen MR) is 71.9 cm³/mol. The number of aldehydes is 1. The van der Waals surface area contributed by atoms with E-state index >= 15 is 0 Å². The summed E-state index contributed by atoms with van der Waals surface area (Å²) in [6.07, 6.45) is 2.65. The summed E-state index contributed by atoms with van der Waals surface area (Å²) in [7, 11) is 0. The molecular formula is C14H11NO3S. The molecule has 0 N–H and O–H groups in total. The van der Waals surface area contributed by atoms with Gasteiger partial charge in [0.25, 0.3) is 11.8 Å². The molecule has 4 nitrogen and oxygen atoms in total. The lowest BCUT2D eigenvalue weighted by molar-refractivity contribution is -0.104. The lowest BCUT2D eigenvalue weighted by Crippen LogP contribution is -2.34. The average Bonchev–Trinajstić information content (AvgIpc) is 2.99. The SMILES string of the molecule is O=CC1=CC(CN2C(=O)c3ccccc3C2=O)CS1. The second kappa shape index (κ2) is 4.66. The molecule has 0 saturated carbocycles. The molecule has 0 aromatic heterocycles. The van der Waals surface area contributed by atoms with Crippen LogP contribution < -0.4 is 0 Å². The van der Waals surface area contributed by atoms with Crippen LogP contribution in [0, 0.1) is 5.92 Å². The van der Waals surface area contributed by atoms with Crippen molar-refractivity contribution in [1.29, 1.82) is 0 Å². The van der Waals surface area contributed by atoms with E-state index in [1.54, 1.807) is 24.3 Å². The van der Waals surface area contributed by atoms with E-state index in [9.17, 15) is 14.4 Å². The Hall–Kier alpha value is -1.88. The van der Waals surface area contributed by atoms with Crippen molar-refractivity contribution in [3.05, 3.63) is 46.4 Å². The Bertz CT molecular complexity index is 573. The number of thioether (sulfide) groups is 1. The van der Waals surface area contributed by atoms with Crippen LogP contribution in [0.2, 0.25) is 0 Å². The van der Waals surface area contributed by atoms with Gasteiger partial charge in [-0.1, -0.05) is 18.2 Å². The van der Waals surface area contributed by atoms with E-state index < -0.39 is 0 Å². The number of fused-ring (bicyclic) bond motifs is 1. The topological polar surface area (TPSA) is 54.5 Å². The second-order valence-electron chi connectivity index (χ2n) is 4.52. The van der Waals surface area contributed by atoms with E-state index in [1.165, 1.54) is 16.7 Å². The molecule has 2 aliphatic rings. The van der Waals surface area contributed by atoms with Crippen molar-refractivity contribution in [2.45, 2.75) is 0 Å². The van der Waals surface area contributed by atoms with E-state index in [4.69, 9.17) is 0 Å². The molecule has 1 aromatic rings. The van der Waals surface area contributed by atoms with Crippen LogP contribution >= 0.6 is 11.8 Å². The monoisotopic (exact) mass is 273 g/mol. The number of nitrogens with zero attached hydrogens (tertiary/aromatic N) is 1. The van der Waals surface area contributed by atoms with Crippen molar-refractivity contribution in [2.75, 3.05) is 12.3 Å². The van der Waals surface area contributed by atoms with Crippen LogP contribution in [0.5, 0.6) is 0 Å². The lowest BCUT2D eigenvalue weighted by atomic mass is 10.1. The number of allylic oxidation sites excluding steroid dienone is 1. The van der Waals surface area contributed by atoms with Gasteiger partial charge >= 0.3 is 0 Å². The predicted octanol–water partition coefficient (Wildman–Crippen LogP) is 1.73. The Kier molecular flexibility index (Phi) is 2.98. The normalized spacial score (nSPS) is 21.6. The van der Waals surface area contributed by atoms with Gasteiger partial charge in [-0.15, -0.1) is 11.8 Å². The molecule has 2 heterocycles. The maximum Gasteiger partial charge on any atom is 0.261 e. The van der Waals surface area contributed by atoms with Gasteiger partial charge in [0.2, 0.25) is 0 Å². The molecule has 19 heavy (non-hydrogen) atoms. The van der Waals surface area contributed by atoms with Crippen LogP contribution in [0.3, 0.4) is 0 Å². The molecule has 5 heteroatoms. The van der Waals surface area contributed by atoms with Crippen molar-refractivity contribution in [2.24, 2.45) is 5.92 Å². The Morgan fingerprint density at radius 3 is 2.37 bits per heavy atom.